The molecule has 1 saturated carbocycles. The number of carbonyl (C=O) groups is 3. The van der Waals surface area contributed by atoms with Crippen LogP contribution in [-0.2, 0) is 14.3 Å². The summed E-state index contributed by atoms with van der Waals surface area (Å²) in [5.41, 5.74) is 0.311. The number of carbonyl (C=O) groups excluding carboxylic acids is 3. The zero-order valence-electron chi connectivity index (χ0n) is 23.0. The summed E-state index contributed by atoms with van der Waals surface area (Å²) in [5.74, 6) is -0.852. The van der Waals surface area contributed by atoms with E-state index in [2.05, 4.69) is 17.6 Å². The first-order valence-electron chi connectivity index (χ1n) is 13.3. The van der Waals surface area contributed by atoms with E-state index in [0.717, 1.165) is 32.1 Å². The molecule has 3 atom stereocenters. The first kappa shape index (κ1) is 29.5. The van der Waals surface area contributed by atoms with E-state index in [0.29, 0.717) is 24.1 Å². The fraction of sp³-hybridized carbons (Fsp3) is 0.679. The summed E-state index contributed by atoms with van der Waals surface area (Å²) >= 11 is 0. The van der Waals surface area contributed by atoms with E-state index < -0.39 is 23.8 Å². The lowest BCUT2D eigenvalue weighted by Crippen LogP contribution is -2.56. The summed E-state index contributed by atoms with van der Waals surface area (Å²) < 4.78 is 5.43. The number of para-hydroxylation sites is 1. The number of nitrogens with one attached hydrogen (secondary N) is 2. The van der Waals surface area contributed by atoms with Gasteiger partial charge in [0.1, 0.15) is 23.4 Å². The van der Waals surface area contributed by atoms with Gasteiger partial charge in [0.2, 0.25) is 11.8 Å². The van der Waals surface area contributed by atoms with E-state index >= 15 is 0 Å². The molecule has 0 aromatic heterocycles. The summed E-state index contributed by atoms with van der Waals surface area (Å²) in [6.45, 7) is 13.5. The van der Waals surface area contributed by atoms with Gasteiger partial charge in [0.05, 0.1) is 0 Å². The van der Waals surface area contributed by atoms with Gasteiger partial charge in [-0.1, -0.05) is 58.2 Å². The van der Waals surface area contributed by atoms with Gasteiger partial charge in [-0.25, -0.2) is 4.79 Å². The predicted octanol–water partition coefficient (Wildman–Crippen LogP) is 4.98. The van der Waals surface area contributed by atoms with Crippen LogP contribution < -0.4 is 10.6 Å². The van der Waals surface area contributed by atoms with Crippen molar-refractivity contribution in [1.82, 2.24) is 15.5 Å². The molecule has 1 aliphatic carbocycles. The number of rotatable bonds is 12. The van der Waals surface area contributed by atoms with Gasteiger partial charge in [-0.15, -0.1) is 0 Å². The molecule has 3 N–H and O–H groups in total. The molecule has 36 heavy (non-hydrogen) atoms. The van der Waals surface area contributed by atoms with Crippen LogP contribution in [0.3, 0.4) is 0 Å². The molecule has 0 aliphatic heterocycles. The van der Waals surface area contributed by atoms with Crippen molar-refractivity contribution in [3.8, 4) is 5.75 Å². The Kier molecular flexibility index (Phi) is 10.6. The van der Waals surface area contributed by atoms with E-state index in [1.165, 1.54) is 0 Å². The number of hydrogen-bond acceptors (Lipinski definition) is 5. The Hall–Kier alpha value is -2.77. The van der Waals surface area contributed by atoms with Gasteiger partial charge in [-0.05, 0) is 58.4 Å². The first-order chi connectivity index (χ1) is 16.9. The maximum atomic E-state index is 14.1. The Bertz CT molecular complexity index is 907. The van der Waals surface area contributed by atoms with E-state index in [1.807, 2.05) is 13.8 Å². The Balaban J connectivity index is 2.46. The van der Waals surface area contributed by atoms with E-state index in [-0.39, 0.29) is 29.5 Å². The second-order valence-corrected chi connectivity index (χ2v) is 10.9. The third kappa shape index (κ3) is 8.14. The summed E-state index contributed by atoms with van der Waals surface area (Å²) in [6, 6.07) is 3.23. The summed E-state index contributed by atoms with van der Waals surface area (Å²) in [5, 5.41) is 16.7. The fourth-order valence-electron chi connectivity index (χ4n) is 4.15. The van der Waals surface area contributed by atoms with Crippen LogP contribution in [0.5, 0.6) is 5.75 Å². The minimum absolute atomic E-state index is 0.00449. The molecule has 2 rings (SSSR count). The van der Waals surface area contributed by atoms with Crippen molar-refractivity contribution in [2.75, 3.05) is 6.54 Å². The molecular formula is C28H45N3O5. The second-order valence-electron chi connectivity index (χ2n) is 10.9. The van der Waals surface area contributed by atoms with E-state index in [9.17, 15) is 19.5 Å². The SMILES string of the molecule is CCCCCNC(=O)C(c1cccc(C)c1O)N(C(=O)C(NC(=O)OC(C)(C)C)C(C)CC)C1CC1. The molecule has 0 heterocycles. The molecular weight excluding hydrogens is 458 g/mol. The number of hydrogen-bond donors (Lipinski definition) is 3. The fourth-order valence-corrected chi connectivity index (χ4v) is 4.15. The topological polar surface area (TPSA) is 108 Å². The van der Waals surface area contributed by atoms with Crippen molar-refractivity contribution in [1.29, 1.82) is 0 Å². The van der Waals surface area contributed by atoms with Crippen LogP contribution in [0, 0.1) is 12.8 Å². The lowest BCUT2D eigenvalue weighted by Gasteiger charge is -2.36. The molecule has 0 saturated heterocycles. The van der Waals surface area contributed by atoms with Crippen molar-refractivity contribution >= 4 is 17.9 Å². The molecule has 1 aromatic rings. The average molecular weight is 504 g/mol. The summed E-state index contributed by atoms with van der Waals surface area (Å²) in [6.07, 6.45) is 4.35. The third-order valence-corrected chi connectivity index (χ3v) is 6.52. The van der Waals surface area contributed by atoms with Crippen LogP contribution in [-0.4, -0.2) is 52.1 Å². The van der Waals surface area contributed by atoms with Crippen LogP contribution in [0.1, 0.15) is 97.2 Å². The van der Waals surface area contributed by atoms with Crippen LogP contribution in [0.2, 0.25) is 0 Å². The summed E-state index contributed by atoms with van der Waals surface area (Å²) in [7, 11) is 0. The Labute approximate surface area is 216 Å². The smallest absolute Gasteiger partial charge is 0.408 e. The van der Waals surface area contributed by atoms with Crippen molar-refractivity contribution in [3.63, 3.8) is 0 Å². The molecule has 3 amide bonds. The highest BCUT2D eigenvalue weighted by Gasteiger charge is 2.45. The van der Waals surface area contributed by atoms with Crippen molar-refractivity contribution in [2.45, 2.75) is 111 Å². The number of benzene rings is 1. The standard InChI is InChI=1S/C28H45N3O5/c1-8-10-11-17-29-25(33)23(21-14-12-13-19(4)24(21)32)31(20-15-16-20)26(34)22(18(3)9-2)30-27(35)36-28(5,6)7/h12-14,18,20,22-23,32H,8-11,15-17H2,1-7H3,(H,29,33)(H,30,35). The summed E-state index contributed by atoms with van der Waals surface area (Å²) in [4.78, 5) is 41.9. The van der Waals surface area contributed by atoms with Gasteiger partial charge in [-0.3, -0.25) is 9.59 Å². The maximum Gasteiger partial charge on any atom is 0.408 e. The number of aryl methyl sites for hydroxylation is 1. The van der Waals surface area contributed by atoms with Crippen molar-refractivity contribution in [2.24, 2.45) is 5.92 Å². The highest BCUT2D eigenvalue weighted by Crippen LogP contribution is 2.39. The molecule has 8 nitrogen and oxygen atoms in total. The number of amides is 3. The number of alkyl carbamates (subject to hydrolysis) is 1. The van der Waals surface area contributed by atoms with Gasteiger partial charge >= 0.3 is 6.09 Å². The zero-order valence-corrected chi connectivity index (χ0v) is 23.0. The van der Waals surface area contributed by atoms with Gasteiger partial charge in [0.15, 0.2) is 0 Å². The lowest BCUT2D eigenvalue weighted by molar-refractivity contribution is -0.144. The van der Waals surface area contributed by atoms with Crippen LogP contribution in [0.4, 0.5) is 4.79 Å². The average Bonchev–Trinajstić information content (AvgIpc) is 3.63. The molecule has 202 valence electrons. The largest absolute Gasteiger partial charge is 0.507 e. The van der Waals surface area contributed by atoms with Crippen LogP contribution in [0.15, 0.2) is 18.2 Å². The molecule has 0 bridgehead atoms. The van der Waals surface area contributed by atoms with Gasteiger partial charge in [0.25, 0.3) is 0 Å². The predicted molar refractivity (Wildman–Crippen MR) is 141 cm³/mol. The highest BCUT2D eigenvalue weighted by molar-refractivity contribution is 5.93. The number of ether oxygens (including phenoxy) is 1. The van der Waals surface area contributed by atoms with Crippen LogP contribution in [0.25, 0.3) is 0 Å². The molecule has 1 fully saturated rings. The minimum atomic E-state index is -1.00. The van der Waals surface area contributed by atoms with Crippen molar-refractivity contribution in [3.05, 3.63) is 29.3 Å². The van der Waals surface area contributed by atoms with Gasteiger partial charge in [0, 0.05) is 18.2 Å². The molecule has 1 aliphatic rings. The minimum Gasteiger partial charge on any atom is -0.507 e. The monoisotopic (exact) mass is 503 g/mol. The number of unbranched alkanes of at least 4 members (excludes halogenated alkanes) is 2. The zero-order chi connectivity index (χ0) is 27.0. The molecule has 1 aromatic carbocycles. The van der Waals surface area contributed by atoms with Crippen molar-refractivity contribution < 1.29 is 24.2 Å². The second kappa shape index (κ2) is 13.0. The van der Waals surface area contributed by atoms with Gasteiger partial charge in [-0.2, -0.15) is 0 Å². The van der Waals surface area contributed by atoms with E-state index in [4.69, 9.17) is 4.74 Å². The molecule has 8 heteroatoms. The molecule has 0 radical (unpaired) electrons. The van der Waals surface area contributed by atoms with Crippen LogP contribution >= 0.6 is 0 Å². The Morgan fingerprint density at radius 3 is 2.39 bits per heavy atom. The first-order valence-corrected chi connectivity index (χ1v) is 13.3. The normalized spacial score (nSPS) is 16.0. The highest BCUT2D eigenvalue weighted by atomic mass is 16.6. The number of phenols is 1. The van der Waals surface area contributed by atoms with Gasteiger partial charge < -0.3 is 25.4 Å². The number of aromatic hydroxyl groups is 1. The number of phenolic OH excluding ortho intramolecular Hbond substituents is 1. The quantitative estimate of drug-likeness (QED) is 0.349. The third-order valence-electron chi connectivity index (χ3n) is 6.52. The maximum absolute atomic E-state index is 14.1. The number of nitrogens with zero attached hydrogens (tertiary/aromatic N) is 1. The Morgan fingerprint density at radius 2 is 1.83 bits per heavy atom. The molecule has 0 spiro atoms. The van der Waals surface area contributed by atoms with E-state index in [1.54, 1.807) is 50.8 Å². The Morgan fingerprint density at radius 1 is 1.17 bits per heavy atom. The molecule has 3 unspecified atom stereocenters. The lowest BCUT2D eigenvalue weighted by atomic mass is 9.94.